The Hall–Kier alpha value is -0.730. The maximum absolute atomic E-state index is 13.7. The third kappa shape index (κ3) is 5.19. The Morgan fingerprint density at radius 3 is 2.29 bits per heavy atom. The summed E-state index contributed by atoms with van der Waals surface area (Å²) in [4.78, 5) is 0. The lowest BCUT2D eigenvalue weighted by Gasteiger charge is -2.30. The standard InChI is InChI=1S/C13H18BrF2NO3S/c1-3-13(4-2,8-21(17,18)19)7-20-12-10(14)5-9(15)6-11(12)16/h5-6H,3-4,7-8H2,1-2H3,(H2,17,18,19). The average molecular weight is 386 g/mol. The molecule has 1 aromatic carbocycles. The molecule has 0 fully saturated rings. The number of hydrogen-bond acceptors (Lipinski definition) is 3. The van der Waals surface area contributed by atoms with E-state index in [4.69, 9.17) is 9.88 Å². The first-order valence-corrected chi connectivity index (χ1v) is 8.91. The number of ether oxygens (including phenoxy) is 1. The van der Waals surface area contributed by atoms with E-state index in [1.54, 1.807) is 0 Å². The summed E-state index contributed by atoms with van der Waals surface area (Å²) in [6.07, 6.45) is 1.00. The van der Waals surface area contributed by atoms with Crippen LogP contribution in [-0.4, -0.2) is 20.8 Å². The van der Waals surface area contributed by atoms with Crippen LogP contribution in [0.3, 0.4) is 0 Å². The van der Waals surface area contributed by atoms with Crippen LogP contribution < -0.4 is 9.88 Å². The van der Waals surface area contributed by atoms with Crippen molar-refractivity contribution in [3.63, 3.8) is 0 Å². The second-order valence-corrected chi connectivity index (χ2v) is 7.47. The zero-order valence-electron chi connectivity index (χ0n) is 11.8. The largest absolute Gasteiger partial charge is 0.489 e. The van der Waals surface area contributed by atoms with Crippen molar-refractivity contribution in [1.82, 2.24) is 0 Å². The SMILES string of the molecule is CCC(CC)(COc1c(F)cc(F)cc1Br)CS(N)(=O)=O. The lowest BCUT2D eigenvalue weighted by Crippen LogP contribution is -2.37. The Morgan fingerprint density at radius 2 is 1.86 bits per heavy atom. The van der Waals surface area contributed by atoms with E-state index in [9.17, 15) is 17.2 Å². The van der Waals surface area contributed by atoms with Gasteiger partial charge in [-0.3, -0.25) is 0 Å². The summed E-state index contributed by atoms with van der Waals surface area (Å²) >= 11 is 3.02. The molecule has 0 radical (unpaired) electrons. The highest BCUT2D eigenvalue weighted by atomic mass is 79.9. The molecule has 21 heavy (non-hydrogen) atoms. The molecule has 0 aliphatic carbocycles. The minimum atomic E-state index is -3.68. The maximum Gasteiger partial charge on any atom is 0.209 e. The quantitative estimate of drug-likeness (QED) is 0.783. The highest BCUT2D eigenvalue weighted by Gasteiger charge is 2.32. The minimum Gasteiger partial charge on any atom is -0.489 e. The smallest absolute Gasteiger partial charge is 0.209 e. The molecule has 0 aliphatic rings. The third-order valence-corrected chi connectivity index (χ3v) is 5.10. The van der Waals surface area contributed by atoms with Crippen LogP contribution in [0.15, 0.2) is 16.6 Å². The molecule has 4 nitrogen and oxygen atoms in total. The van der Waals surface area contributed by atoms with Crippen molar-refractivity contribution in [2.24, 2.45) is 10.6 Å². The fraction of sp³-hybridized carbons (Fsp3) is 0.538. The van der Waals surface area contributed by atoms with Crippen molar-refractivity contribution in [3.8, 4) is 5.75 Å². The predicted molar refractivity (Wildman–Crippen MR) is 80.5 cm³/mol. The zero-order chi connectivity index (χ0) is 16.3. The summed E-state index contributed by atoms with van der Waals surface area (Å²) in [6, 6.07) is 1.79. The first kappa shape index (κ1) is 18.3. The van der Waals surface area contributed by atoms with Gasteiger partial charge in [-0.25, -0.2) is 22.3 Å². The number of primary sulfonamides is 1. The second-order valence-electron chi connectivity index (χ2n) is 5.00. The van der Waals surface area contributed by atoms with E-state index in [1.807, 2.05) is 13.8 Å². The van der Waals surface area contributed by atoms with Gasteiger partial charge >= 0.3 is 0 Å². The molecular weight excluding hydrogens is 368 g/mol. The van der Waals surface area contributed by atoms with Gasteiger partial charge in [0.1, 0.15) is 5.82 Å². The number of halogens is 3. The molecule has 0 atom stereocenters. The van der Waals surface area contributed by atoms with Gasteiger partial charge in [0.25, 0.3) is 0 Å². The van der Waals surface area contributed by atoms with Gasteiger partial charge in [-0.05, 0) is 34.8 Å². The molecule has 0 heterocycles. The Balaban J connectivity index is 2.98. The summed E-state index contributed by atoms with van der Waals surface area (Å²) in [6.45, 7) is 3.60. The van der Waals surface area contributed by atoms with Crippen LogP contribution in [-0.2, 0) is 10.0 Å². The highest BCUT2D eigenvalue weighted by Crippen LogP contribution is 2.33. The fourth-order valence-corrected chi connectivity index (χ4v) is 3.89. The summed E-state index contributed by atoms with van der Waals surface area (Å²) < 4.78 is 54.9. The van der Waals surface area contributed by atoms with Crippen molar-refractivity contribution in [1.29, 1.82) is 0 Å². The van der Waals surface area contributed by atoms with Crippen LogP contribution in [0.1, 0.15) is 26.7 Å². The predicted octanol–water partition coefficient (Wildman–Crippen LogP) is 3.20. The lowest BCUT2D eigenvalue weighted by atomic mass is 9.85. The third-order valence-electron chi connectivity index (χ3n) is 3.49. The van der Waals surface area contributed by atoms with Crippen molar-refractivity contribution in [2.75, 3.05) is 12.4 Å². The molecule has 1 aromatic rings. The molecule has 0 saturated carbocycles. The van der Waals surface area contributed by atoms with E-state index in [1.165, 1.54) is 0 Å². The number of hydrogen-bond donors (Lipinski definition) is 1. The topological polar surface area (TPSA) is 69.4 Å². The summed E-state index contributed by atoms with van der Waals surface area (Å²) in [5, 5.41) is 5.11. The summed E-state index contributed by atoms with van der Waals surface area (Å²) in [5.74, 6) is -1.97. The van der Waals surface area contributed by atoms with E-state index in [0.29, 0.717) is 18.9 Å². The lowest BCUT2D eigenvalue weighted by molar-refractivity contribution is 0.149. The van der Waals surface area contributed by atoms with Crippen LogP contribution >= 0.6 is 15.9 Å². The highest BCUT2D eigenvalue weighted by molar-refractivity contribution is 9.10. The number of nitrogens with two attached hydrogens (primary N) is 1. The average Bonchev–Trinajstić information content (AvgIpc) is 2.34. The number of rotatable bonds is 7. The van der Waals surface area contributed by atoms with E-state index in [-0.39, 0.29) is 22.6 Å². The van der Waals surface area contributed by atoms with Crippen molar-refractivity contribution < 1.29 is 21.9 Å². The first-order valence-electron chi connectivity index (χ1n) is 6.40. The zero-order valence-corrected chi connectivity index (χ0v) is 14.2. The first-order chi connectivity index (χ1) is 9.62. The molecule has 1 rings (SSSR count). The van der Waals surface area contributed by atoms with Gasteiger partial charge in [0.15, 0.2) is 11.6 Å². The Morgan fingerprint density at radius 1 is 1.29 bits per heavy atom. The van der Waals surface area contributed by atoms with Gasteiger partial charge in [-0.15, -0.1) is 0 Å². The molecule has 2 N–H and O–H groups in total. The van der Waals surface area contributed by atoms with Crippen LogP contribution in [0, 0.1) is 17.0 Å². The van der Waals surface area contributed by atoms with Crippen molar-refractivity contribution in [3.05, 3.63) is 28.2 Å². The fourth-order valence-electron chi connectivity index (χ4n) is 2.02. The summed E-state index contributed by atoms with van der Waals surface area (Å²) in [7, 11) is -3.68. The normalized spacial score (nSPS) is 12.5. The molecule has 0 bridgehead atoms. The molecule has 0 aliphatic heterocycles. The Kier molecular flexibility index (Phi) is 6.12. The molecule has 0 amide bonds. The van der Waals surface area contributed by atoms with Gasteiger partial charge in [0.2, 0.25) is 10.0 Å². The van der Waals surface area contributed by atoms with Crippen LogP contribution in [0.2, 0.25) is 0 Å². The number of benzene rings is 1. The van der Waals surface area contributed by atoms with Gasteiger partial charge in [-0.2, -0.15) is 0 Å². The van der Waals surface area contributed by atoms with E-state index in [2.05, 4.69) is 15.9 Å². The van der Waals surface area contributed by atoms with Crippen LogP contribution in [0.5, 0.6) is 5.75 Å². The maximum atomic E-state index is 13.7. The Bertz CT molecular complexity index is 580. The monoisotopic (exact) mass is 385 g/mol. The summed E-state index contributed by atoms with van der Waals surface area (Å²) in [5.41, 5.74) is -0.714. The van der Waals surface area contributed by atoms with E-state index < -0.39 is 27.1 Å². The molecule has 0 saturated heterocycles. The molecule has 0 spiro atoms. The van der Waals surface area contributed by atoms with Gasteiger partial charge in [0.05, 0.1) is 16.8 Å². The van der Waals surface area contributed by atoms with Gasteiger partial charge in [0, 0.05) is 11.5 Å². The molecule has 8 heteroatoms. The van der Waals surface area contributed by atoms with Gasteiger partial charge < -0.3 is 4.74 Å². The van der Waals surface area contributed by atoms with Crippen LogP contribution in [0.25, 0.3) is 0 Å². The minimum absolute atomic E-state index is 0.0302. The molecule has 120 valence electrons. The van der Waals surface area contributed by atoms with E-state index in [0.717, 1.165) is 6.07 Å². The second kappa shape index (κ2) is 7.02. The van der Waals surface area contributed by atoms with Gasteiger partial charge in [-0.1, -0.05) is 13.8 Å². The molecule has 0 unspecified atom stereocenters. The van der Waals surface area contributed by atoms with Crippen LogP contribution in [0.4, 0.5) is 8.78 Å². The molecular formula is C13H18BrF2NO3S. The van der Waals surface area contributed by atoms with Crippen molar-refractivity contribution in [2.45, 2.75) is 26.7 Å². The van der Waals surface area contributed by atoms with E-state index >= 15 is 0 Å². The Labute approximate surface area is 131 Å². The molecule has 0 aromatic heterocycles. The number of sulfonamides is 1. The van der Waals surface area contributed by atoms with Crippen molar-refractivity contribution >= 4 is 26.0 Å².